The van der Waals surface area contributed by atoms with Gasteiger partial charge in [-0.05, 0) is 58.7 Å². The first-order valence-corrected chi connectivity index (χ1v) is 11.0. The number of amides is 1. The number of benzene rings is 2. The van der Waals surface area contributed by atoms with E-state index in [0.29, 0.717) is 16.1 Å². The molecule has 0 radical (unpaired) electrons. The highest BCUT2D eigenvalue weighted by Crippen LogP contribution is 2.31. The van der Waals surface area contributed by atoms with Crippen LogP contribution >= 0.6 is 0 Å². The summed E-state index contributed by atoms with van der Waals surface area (Å²) in [6.45, 7) is 3.67. The zero-order valence-corrected chi connectivity index (χ0v) is 19.4. The Morgan fingerprint density at radius 2 is 1.65 bits per heavy atom. The highest BCUT2D eigenvalue weighted by molar-refractivity contribution is 6.04. The summed E-state index contributed by atoms with van der Waals surface area (Å²) in [7, 11) is 0. The monoisotopic (exact) mass is 502 g/mol. The summed E-state index contributed by atoms with van der Waals surface area (Å²) < 4.78 is 41.3. The van der Waals surface area contributed by atoms with Crippen LogP contribution in [0.15, 0.2) is 110 Å². The Labute approximate surface area is 210 Å². The Hall–Kier alpha value is -4.83. The number of anilines is 2. The van der Waals surface area contributed by atoms with E-state index in [-0.39, 0.29) is 17.2 Å². The van der Waals surface area contributed by atoms with E-state index in [0.717, 1.165) is 17.2 Å². The summed E-state index contributed by atoms with van der Waals surface area (Å²) in [5, 5.41) is 10.5. The minimum Gasteiger partial charge on any atom is -0.305 e. The minimum atomic E-state index is -4.81. The third-order valence-corrected chi connectivity index (χ3v) is 5.26. The lowest BCUT2D eigenvalue weighted by molar-refractivity contribution is -0.0934. The van der Waals surface area contributed by atoms with E-state index >= 15 is 0 Å². The molecule has 3 N–H and O–H groups in total. The summed E-state index contributed by atoms with van der Waals surface area (Å²) >= 11 is 0. The normalized spacial score (nSPS) is 11.6. The van der Waals surface area contributed by atoms with Crippen LogP contribution in [0.25, 0.3) is 16.7 Å². The maximum Gasteiger partial charge on any atom is 0.432 e. The maximum absolute atomic E-state index is 13.8. The zero-order chi connectivity index (χ0) is 26.4. The van der Waals surface area contributed by atoms with Crippen molar-refractivity contribution in [2.24, 2.45) is 5.84 Å². The molecule has 0 unspecified atom stereocenters. The van der Waals surface area contributed by atoms with E-state index in [2.05, 4.69) is 27.1 Å². The fourth-order valence-corrected chi connectivity index (χ4v) is 3.39. The molecule has 4 aromatic rings. The first-order valence-electron chi connectivity index (χ1n) is 11.0. The molecule has 0 bridgehead atoms. The van der Waals surface area contributed by atoms with Gasteiger partial charge in [-0.2, -0.15) is 13.2 Å². The smallest absolute Gasteiger partial charge is 0.305 e. The van der Waals surface area contributed by atoms with Crippen LogP contribution in [0.1, 0.15) is 15.9 Å². The van der Waals surface area contributed by atoms with Gasteiger partial charge in [0.2, 0.25) is 0 Å². The van der Waals surface area contributed by atoms with Crippen molar-refractivity contribution in [1.82, 2.24) is 15.2 Å². The van der Waals surface area contributed by atoms with Crippen molar-refractivity contribution < 1.29 is 18.0 Å². The Kier molecular flexibility index (Phi) is 7.40. The summed E-state index contributed by atoms with van der Waals surface area (Å²) in [6.07, 6.45) is -1.12. The topological polar surface area (TPSA) is 97.0 Å². The molecule has 0 aliphatic carbocycles. The van der Waals surface area contributed by atoms with E-state index in [1.54, 1.807) is 30.3 Å². The van der Waals surface area contributed by atoms with Crippen molar-refractivity contribution >= 4 is 23.1 Å². The Morgan fingerprint density at radius 1 is 0.919 bits per heavy atom. The first-order chi connectivity index (χ1) is 17.7. The standard InChI is InChI=1S/C27H21F3N6O/c1-18(22-11-6-14-32-17-22)15-23(27(28,29)30)36(31)25-13-12-24(34-35-25)33-26(37)21-10-5-9-20(16-21)19-7-3-2-4-8-19/h2-17H,1,31H2,(H,33,34,37)/b23-15-. The van der Waals surface area contributed by atoms with Crippen LogP contribution < -0.4 is 16.2 Å². The number of hydrazine groups is 1. The van der Waals surface area contributed by atoms with E-state index in [9.17, 15) is 18.0 Å². The van der Waals surface area contributed by atoms with Crippen LogP contribution in [0, 0.1) is 0 Å². The van der Waals surface area contributed by atoms with Crippen molar-refractivity contribution in [3.8, 4) is 11.1 Å². The number of nitrogens with one attached hydrogen (secondary N) is 1. The van der Waals surface area contributed by atoms with E-state index in [1.165, 1.54) is 24.5 Å². The second-order valence-corrected chi connectivity index (χ2v) is 7.84. The summed E-state index contributed by atoms with van der Waals surface area (Å²) in [5.74, 6) is 5.07. The number of rotatable bonds is 7. The number of allylic oxidation sites excluding steroid dienone is 3. The molecule has 0 saturated carbocycles. The van der Waals surface area contributed by atoms with Gasteiger partial charge in [0.25, 0.3) is 5.91 Å². The second-order valence-electron chi connectivity index (χ2n) is 7.84. The van der Waals surface area contributed by atoms with Gasteiger partial charge in [0.1, 0.15) is 5.70 Å². The predicted octanol–water partition coefficient (Wildman–Crippen LogP) is 5.63. The molecule has 10 heteroatoms. The van der Waals surface area contributed by atoms with Crippen LogP contribution in [0.4, 0.5) is 24.8 Å². The van der Waals surface area contributed by atoms with Gasteiger partial charge in [-0.3, -0.25) is 14.8 Å². The third-order valence-electron chi connectivity index (χ3n) is 5.26. The summed E-state index contributed by atoms with van der Waals surface area (Å²) in [6, 6.07) is 22.2. The highest BCUT2D eigenvalue weighted by Gasteiger charge is 2.38. The molecule has 0 spiro atoms. The highest BCUT2D eigenvalue weighted by atomic mass is 19.4. The van der Waals surface area contributed by atoms with Crippen LogP contribution in [0.5, 0.6) is 0 Å². The van der Waals surface area contributed by atoms with E-state index in [4.69, 9.17) is 5.84 Å². The number of halogens is 3. The number of nitrogens with zero attached hydrogens (tertiary/aromatic N) is 4. The van der Waals surface area contributed by atoms with Crippen LogP contribution in [0.2, 0.25) is 0 Å². The van der Waals surface area contributed by atoms with Crippen LogP contribution in [0.3, 0.4) is 0 Å². The van der Waals surface area contributed by atoms with E-state index in [1.807, 2.05) is 36.4 Å². The van der Waals surface area contributed by atoms with Gasteiger partial charge >= 0.3 is 6.18 Å². The molecular formula is C27H21F3N6O. The molecule has 4 rings (SSSR count). The van der Waals surface area contributed by atoms with Gasteiger partial charge in [0.05, 0.1) is 0 Å². The fourth-order valence-electron chi connectivity index (χ4n) is 3.39. The molecule has 0 fully saturated rings. The van der Waals surface area contributed by atoms with Crippen LogP contribution in [-0.2, 0) is 0 Å². The number of nitrogens with two attached hydrogens (primary N) is 1. The van der Waals surface area contributed by atoms with Gasteiger partial charge in [-0.25, -0.2) is 5.84 Å². The molecule has 0 aliphatic heterocycles. The Bertz CT molecular complexity index is 1420. The van der Waals surface area contributed by atoms with Gasteiger partial charge in [0, 0.05) is 18.0 Å². The number of carbonyl (C=O) groups excluding carboxylic acids is 1. The third kappa shape index (κ3) is 6.24. The predicted molar refractivity (Wildman–Crippen MR) is 136 cm³/mol. The molecule has 0 saturated heterocycles. The lowest BCUT2D eigenvalue weighted by Gasteiger charge is -2.23. The second kappa shape index (κ2) is 10.8. The Morgan fingerprint density at radius 3 is 2.30 bits per heavy atom. The van der Waals surface area contributed by atoms with Gasteiger partial charge in [0.15, 0.2) is 11.6 Å². The molecule has 1 amide bonds. The van der Waals surface area contributed by atoms with Crippen molar-refractivity contribution in [1.29, 1.82) is 0 Å². The number of hydrogen-bond acceptors (Lipinski definition) is 6. The van der Waals surface area contributed by atoms with Crippen molar-refractivity contribution in [2.75, 3.05) is 10.3 Å². The number of alkyl halides is 3. The largest absolute Gasteiger partial charge is 0.432 e. The first kappa shape index (κ1) is 25.3. The number of carbonyl (C=O) groups is 1. The van der Waals surface area contributed by atoms with Crippen molar-refractivity contribution in [2.45, 2.75) is 6.18 Å². The summed E-state index contributed by atoms with van der Waals surface area (Å²) in [4.78, 5) is 16.6. The van der Waals surface area contributed by atoms with Crippen LogP contribution in [-0.4, -0.2) is 27.3 Å². The molecular weight excluding hydrogens is 481 g/mol. The lowest BCUT2D eigenvalue weighted by atomic mass is 10.0. The molecule has 2 aromatic heterocycles. The van der Waals surface area contributed by atoms with Gasteiger partial charge in [-0.1, -0.05) is 55.1 Å². The van der Waals surface area contributed by atoms with Crippen molar-refractivity contribution in [3.63, 3.8) is 0 Å². The fraction of sp³-hybridized carbons (Fsp3) is 0.0370. The molecule has 0 atom stereocenters. The lowest BCUT2D eigenvalue weighted by Crippen LogP contribution is -2.38. The molecule has 37 heavy (non-hydrogen) atoms. The van der Waals surface area contributed by atoms with Crippen molar-refractivity contribution in [3.05, 3.63) is 121 Å². The molecule has 2 aromatic carbocycles. The maximum atomic E-state index is 13.8. The SMILES string of the molecule is C=C(/C=C(\N(N)c1ccc(NC(=O)c2cccc(-c3ccccc3)c2)nn1)C(F)(F)F)c1cccnc1. The molecule has 2 heterocycles. The Balaban J connectivity index is 1.50. The zero-order valence-electron chi connectivity index (χ0n) is 19.4. The molecule has 186 valence electrons. The van der Waals surface area contributed by atoms with E-state index < -0.39 is 17.8 Å². The molecule has 7 nitrogen and oxygen atoms in total. The average Bonchev–Trinajstić information content (AvgIpc) is 2.92. The van der Waals surface area contributed by atoms with Gasteiger partial charge < -0.3 is 5.32 Å². The molecule has 0 aliphatic rings. The number of hydrogen-bond donors (Lipinski definition) is 2. The quantitative estimate of drug-likeness (QED) is 0.193. The summed E-state index contributed by atoms with van der Waals surface area (Å²) in [5.41, 5.74) is 1.44. The number of pyridine rings is 1. The number of aromatic nitrogens is 3. The van der Waals surface area contributed by atoms with Gasteiger partial charge in [-0.15, -0.1) is 10.2 Å². The average molecular weight is 503 g/mol. The minimum absolute atomic E-state index is 0.0459.